The molecule has 2 rings (SSSR count). The quantitative estimate of drug-likeness (QED) is 0.599. The van der Waals surface area contributed by atoms with Gasteiger partial charge in [0.15, 0.2) is 0 Å². The van der Waals surface area contributed by atoms with Gasteiger partial charge in [0.25, 0.3) is 0 Å². The lowest BCUT2D eigenvalue weighted by Crippen LogP contribution is -2.51. The molecule has 1 aromatic heterocycles. The zero-order chi connectivity index (χ0) is 10.7. The molecular formula is C10H16N4S. The van der Waals surface area contributed by atoms with E-state index >= 15 is 0 Å². The lowest BCUT2D eigenvalue weighted by atomic mass is 9.77. The van der Waals surface area contributed by atoms with E-state index in [1.54, 1.807) is 18.1 Å². The van der Waals surface area contributed by atoms with Gasteiger partial charge in [0.05, 0.1) is 5.54 Å². The summed E-state index contributed by atoms with van der Waals surface area (Å²) in [5.74, 6) is 0.888. The maximum Gasteiger partial charge on any atom is 0.130 e. The van der Waals surface area contributed by atoms with E-state index in [0.717, 1.165) is 23.7 Å². The van der Waals surface area contributed by atoms with Crippen LogP contribution in [0.4, 0.5) is 5.82 Å². The highest BCUT2D eigenvalue weighted by atomic mass is 32.2. The van der Waals surface area contributed by atoms with Crippen molar-refractivity contribution in [3.05, 3.63) is 12.4 Å². The van der Waals surface area contributed by atoms with Crippen molar-refractivity contribution in [1.29, 1.82) is 0 Å². The van der Waals surface area contributed by atoms with Crippen molar-refractivity contribution < 1.29 is 0 Å². The molecule has 0 aliphatic heterocycles. The van der Waals surface area contributed by atoms with Gasteiger partial charge in [-0.1, -0.05) is 0 Å². The molecule has 0 unspecified atom stereocenters. The van der Waals surface area contributed by atoms with E-state index in [0.29, 0.717) is 6.54 Å². The Bertz CT molecular complexity index is 332. The lowest BCUT2D eigenvalue weighted by molar-refractivity contribution is 0.286. The average Bonchev–Trinajstić information content (AvgIpc) is 2.24. The Labute approximate surface area is 94.1 Å². The van der Waals surface area contributed by atoms with Gasteiger partial charge in [-0.2, -0.15) is 0 Å². The molecule has 82 valence electrons. The minimum atomic E-state index is 0.0873. The third-order valence-electron chi connectivity index (χ3n) is 2.95. The van der Waals surface area contributed by atoms with Gasteiger partial charge >= 0.3 is 0 Å². The smallest absolute Gasteiger partial charge is 0.130 e. The van der Waals surface area contributed by atoms with Crippen molar-refractivity contribution >= 4 is 17.6 Å². The number of hydrogen-bond donors (Lipinski definition) is 2. The van der Waals surface area contributed by atoms with Crippen molar-refractivity contribution in [2.75, 3.05) is 18.1 Å². The van der Waals surface area contributed by atoms with Crippen molar-refractivity contribution in [3.8, 4) is 0 Å². The van der Waals surface area contributed by atoms with Crippen LogP contribution in [-0.2, 0) is 0 Å². The first kappa shape index (κ1) is 10.7. The molecule has 5 heteroatoms. The van der Waals surface area contributed by atoms with Crippen LogP contribution in [0.15, 0.2) is 17.4 Å². The molecule has 1 saturated carbocycles. The number of nitrogens with two attached hydrogens (primary N) is 1. The summed E-state index contributed by atoms with van der Waals surface area (Å²) in [5, 5.41) is 4.41. The molecule has 1 aliphatic carbocycles. The largest absolute Gasteiger partial charge is 0.363 e. The number of rotatable bonds is 4. The van der Waals surface area contributed by atoms with E-state index in [1.807, 2.05) is 12.3 Å². The minimum absolute atomic E-state index is 0.0873. The molecule has 0 spiro atoms. The van der Waals surface area contributed by atoms with Crippen molar-refractivity contribution in [2.24, 2.45) is 5.73 Å². The maximum absolute atomic E-state index is 5.78. The van der Waals surface area contributed by atoms with Crippen molar-refractivity contribution in [2.45, 2.75) is 29.8 Å². The molecule has 0 saturated heterocycles. The topological polar surface area (TPSA) is 63.8 Å². The van der Waals surface area contributed by atoms with E-state index < -0.39 is 0 Å². The molecule has 1 aromatic rings. The van der Waals surface area contributed by atoms with Crippen LogP contribution < -0.4 is 11.1 Å². The normalized spacial score (nSPS) is 18.3. The van der Waals surface area contributed by atoms with E-state index in [4.69, 9.17) is 5.73 Å². The predicted octanol–water partition coefficient (Wildman–Crippen LogP) is 1.49. The Morgan fingerprint density at radius 1 is 1.53 bits per heavy atom. The van der Waals surface area contributed by atoms with Crippen LogP contribution >= 0.6 is 11.8 Å². The first-order valence-corrected chi connectivity index (χ1v) is 6.35. The number of nitrogens with one attached hydrogen (secondary N) is 1. The van der Waals surface area contributed by atoms with Crippen LogP contribution in [0.2, 0.25) is 0 Å². The van der Waals surface area contributed by atoms with Gasteiger partial charge in [-0.05, 0) is 25.5 Å². The highest BCUT2D eigenvalue weighted by Gasteiger charge is 2.35. The van der Waals surface area contributed by atoms with Crippen LogP contribution in [0.25, 0.3) is 0 Å². The van der Waals surface area contributed by atoms with Gasteiger partial charge in [0, 0.05) is 12.6 Å². The Morgan fingerprint density at radius 2 is 2.33 bits per heavy atom. The number of nitrogens with zero attached hydrogens (tertiary/aromatic N) is 2. The third-order valence-corrected chi connectivity index (χ3v) is 3.59. The summed E-state index contributed by atoms with van der Waals surface area (Å²) < 4.78 is 0. The third kappa shape index (κ3) is 2.23. The summed E-state index contributed by atoms with van der Waals surface area (Å²) in [6.45, 7) is 0.672. The summed E-state index contributed by atoms with van der Waals surface area (Å²) in [4.78, 5) is 8.35. The van der Waals surface area contributed by atoms with Crippen LogP contribution in [0.3, 0.4) is 0 Å². The number of anilines is 1. The van der Waals surface area contributed by atoms with Gasteiger partial charge in [0.1, 0.15) is 17.2 Å². The summed E-state index contributed by atoms with van der Waals surface area (Å²) in [6, 6.07) is 1.97. The van der Waals surface area contributed by atoms with Gasteiger partial charge in [-0.15, -0.1) is 11.8 Å². The molecule has 1 aliphatic rings. The number of thioether (sulfide) groups is 1. The second kappa shape index (κ2) is 4.37. The Hall–Kier alpha value is -0.810. The Balaban J connectivity index is 2.09. The molecular weight excluding hydrogens is 208 g/mol. The molecule has 0 aromatic carbocycles. The van der Waals surface area contributed by atoms with E-state index in [2.05, 4.69) is 15.3 Å². The molecule has 1 heterocycles. The first-order chi connectivity index (χ1) is 7.28. The highest BCUT2D eigenvalue weighted by Crippen LogP contribution is 2.34. The summed E-state index contributed by atoms with van der Waals surface area (Å²) in [7, 11) is 0. The Kier molecular flexibility index (Phi) is 3.11. The van der Waals surface area contributed by atoms with Gasteiger partial charge < -0.3 is 11.1 Å². The zero-order valence-corrected chi connectivity index (χ0v) is 9.68. The van der Waals surface area contributed by atoms with Crippen molar-refractivity contribution in [1.82, 2.24) is 9.97 Å². The minimum Gasteiger partial charge on any atom is -0.363 e. The van der Waals surface area contributed by atoms with Gasteiger partial charge in [-0.25, -0.2) is 9.97 Å². The predicted molar refractivity (Wildman–Crippen MR) is 63.1 cm³/mol. The SMILES string of the molecule is CSc1cc(NC2(CN)CCC2)ncn1. The first-order valence-electron chi connectivity index (χ1n) is 5.12. The van der Waals surface area contributed by atoms with E-state index in [1.165, 1.54) is 6.42 Å². The lowest BCUT2D eigenvalue weighted by Gasteiger charge is -2.42. The fourth-order valence-electron chi connectivity index (χ4n) is 1.77. The monoisotopic (exact) mass is 224 g/mol. The van der Waals surface area contributed by atoms with Crippen LogP contribution in [-0.4, -0.2) is 28.3 Å². The van der Waals surface area contributed by atoms with Crippen LogP contribution in [0.5, 0.6) is 0 Å². The summed E-state index contributed by atoms with van der Waals surface area (Å²) >= 11 is 1.62. The molecule has 0 bridgehead atoms. The fraction of sp³-hybridized carbons (Fsp3) is 0.600. The molecule has 3 N–H and O–H groups in total. The fourth-order valence-corrected chi connectivity index (χ4v) is 2.16. The number of hydrogen-bond acceptors (Lipinski definition) is 5. The molecule has 0 amide bonds. The second-order valence-corrected chi connectivity index (χ2v) is 4.74. The Morgan fingerprint density at radius 3 is 2.87 bits per heavy atom. The van der Waals surface area contributed by atoms with E-state index in [9.17, 15) is 0 Å². The molecule has 1 fully saturated rings. The average molecular weight is 224 g/mol. The van der Waals surface area contributed by atoms with Gasteiger partial charge in [-0.3, -0.25) is 0 Å². The van der Waals surface area contributed by atoms with Crippen LogP contribution in [0.1, 0.15) is 19.3 Å². The standard InChI is InChI=1S/C10H16N4S/c1-15-9-5-8(12-7-13-9)14-10(6-11)3-2-4-10/h5,7H,2-4,6,11H2,1H3,(H,12,13,14). The van der Waals surface area contributed by atoms with Gasteiger partial charge in [0.2, 0.25) is 0 Å². The van der Waals surface area contributed by atoms with Crippen LogP contribution in [0, 0.1) is 0 Å². The highest BCUT2D eigenvalue weighted by molar-refractivity contribution is 7.98. The molecule has 0 atom stereocenters. The molecule has 15 heavy (non-hydrogen) atoms. The number of aromatic nitrogens is 2. The van der Waals surface area contributed by atoms with Crippen molar-refractivity contribution in [3.63, 3.8) is 0 Å². The molecule has 0 radical (unpaired) electrons. The maximum atomic E-state index is 5.78. The zero-order valence-electron chi connectivity index (χ0n) is 8.86. The second-order valence-electron chi connectivity index (χ2n) is 3.91. The van der Waals surface area contributed by atoms with E-state index in [-0.39, 0.29) is 5.54 Å². The summed E-state index contributed by atoms with van der Waals surface area (Å²) in [5.41, 5.74) is 5.86. The summed E-state index contributed by atoms with van der Waals surface area (Å²) in [6.07, 6.45) is 7.14. The molecule has 4 nitrogen and oxygen atoms in total.